The average molecular weight is 625 g/mol. The molecule has 0 amide bonds. The van der Waals surface area contributed by atoms with E-state index in [-0.39, 0.29) is 0 Å². The van der Waals surface area contributed by atoms with Crippen molar-refractivity contribution in [2.75, 3.05) is 21.8 Å². The van der Waals surface area contributed by atoms with Crippen molar-refractivity contribution in [1.29, 1.82) is 0 Å². The Morgan fingerprint density at radius 1 is 0.854 bits per heavy atom. The molecular formula is C33H23BrClN3O3. The highest BCUT2D eigenvalue weighted by Crippen LogP contribution is 2.44. The molecule has 2 aliphatic heterocycles. The predicted octanol–water partition coefficient (Wildman–Crippen LogP) is 8.53. The molecule has 4 heterocycles. The Morgan fingerprint density at radius 2 is 1.61 bits per heavy atom. The molecule has 2 aromatic heterocycles. The van der Waals surface area contributed by atoms with Crippen LogP contribution in [-0.4, -0.2) is 6.67 Å². The van der Waals surface area contributed by atoms with E-state index in [9.17, 15) is 4.79 Å². The van der Waals surface area contributed by atoms with Gasteiger partial charge < -0.3 is 24.0 Å². The van der Waals surface area contributed by atoms with Crippen LogP contribution in [0.15, 0.2) is 103 Å². The van der Waals surface area contributed by atoms with Crippen LogP contribution < -0.4 is 20.7 Å². The molecule has 41 heavy (non-hydrogen) atoms. The second-order valence-corrected chi connectivity index (χ2v) is 11.9. The second-order valence-electron chi connectivity index (χ2n) is 10.5. The van der Waals surface area contributed by atoms with Crippen molar-refractivity contribution in [2.24, 2.45) is 0 Å². The van der Waals surface area contributed by atoms with E-state index in [4.69, 9.17) is 20.4 Å². The molecule has 8 heteroatoms. The summed E-state index contributed by atoms with van der Waals surface area (Å²) in [5.74, 6) is 0.524. The van der Waals surface area contributed by atoms with E-state index in [1.165, 1.54) is 22.5 Å². The summed E-state index contributed by atoms with van der Waals surface area (Å²) in [5.41, 5.74) is 8.10. The molecule has 2 aliphatic rings. The Hall–Kier alpha value is -4.20. The lowest BCUT2D eigenvalue weighted by molar-refractivity contribution is 0.565. The third kappa shape index (κ3) is 4.11. The lowest BCUT2D eigenvalue weighted by atomic mass is 9.96. The zero-order valence-corrected chi connectivity index (χ0v) is 24.1. The van der Waals surface area contributed by atoms with Crippen LogP contribution in [0.4, 0.5) is 17.3 Å². The molecule has 0 radical (unpaired) electrons. The van der Waals surface area contributed by atoms with Gasteiger partial charge in [-0.3, -0.25) is 0 Å². The topological polar surface area (TPSA) is 61.9 Å². The van der Waals surface area contributed by atoms with Gasteiger partial charge in [0.25, 0.3) is 0 Å². The van der Waals surface area contributed by atoms with Crippen molar-refractivity contribution in [3.05, 3.63) is 122 Å². The molecule has 1 N–H and O–H groups in total. The summed E-state index contributed by atoms with van der Waals surface area (Å²) < 4.78 is 13.3. The fourth-order valence-electron chi connectivity index (χ4n) is 6.12. The Balaban J connectivity index is 1.28. The van der Waals surface area contributed by atoms with E-state index >= 15 is 0 Å². The number of anilines is 3. The number of furan rings is 1. The van der Waals surface area contributed by atoms with Gasteiger partial charge in [0.1, 0.15) is 11.0 Å². The quantitative estimate of drug-likeness (QED) is 0.198. The fraction of sp³-hybridized carbons (Fsp3) is 0.121. The molecule has 4 aromatic carbocycles. The molecule has 202 valence electrons. The lowest BCUT2D eigenvalue weighted by Gasteiger charge is -2.45. The fourth-order valence-corrected chi connectivity index (χ4v) is 6.70. The Bertz CT molecular complexity index is 2050. The van der Waals surface area contributed by atoms with Crippen molar-refractivity contribution < 1.29 is 8.83 Å². The Kier molecular flexibility index (Phi) is 5.66. The van der Waals surface area contributed by atoms with Crippen LogP contribution in [0.2, 0.25) is 5.02 Å². The minimum atomic E-state index is -0.442. The molecule has 0 atom stereocenters. The van der Waals surface area contributed by atoms with E-state index in [0.717, 1.165) is 35.4 Å². The SMILES string of the molecule is O=c1oc2ccc(Cl)cc2c2oc(NCc3ccccc3)c(-c3ccc4c(c3)CN3CN4Cc4cc(Br)ccc43)c12. The summed E-state index contributed by atoms with van der Waals surface area (Å²) in [4.78, 5) is 18.2. The van der Waals surface area contributed by atoms with Crippen LogP contribution in [0, 0.1) is 0 Å². The minimum absolute atomic E-state index is 0.405. The summed E-state index contributed by atoms with van der Waals surface area (Å²) in [6.45, 7) is 2.99. The van der Waals surface area contributed by atoms with Crippen LogP contribution in [0.25, 0.3) is 33.1 Å². The molecule has 0 unspecified atom stereocenters. The van der Waals surface area contributed by atoms with Crippen LogP contribution in [0.3, 0.4) is 0 Å². The zero-order valence-electron chi connectivity index (χ0n) is 21.8. The van der Waals surface area contributed by atoms with Crippen LogP contribution in [0.5, 0.6) is 0 Å². The monoisotopic (exact) mass is 623 g/mol. The number of fused-ring (bicyclic) bond motifs is 9. The van der Waals surface area contributed by atoms with Gasteiger partial charge in [0, 0.05) is 40.5 Å². The molecule has 0 aliphatic carbocycles. The number of nitrogens with one attached hydrogen (secondary N) is 1. The van der Waals surface area contributed by atoms with Crippen LogP contribution in [-0.2, 0) is 19.6 Å². The van der Waals surface area contributed by atoms with E-state index in [2.05, 4.69) is 79.6 Å². The van der Waals surface area contributed by atoms with Crippen molar-refractivity contribution in [2.45, 2.75) is 19.6 Å². The highest BCUT2D eigenvalue weighted by molar-refractivity contribution is 9.10. The third-order valence-corrected chi connectivity index (χ3v) is 8.68. The van der Waals surface area contributed by atoms with Gasteiger partial charge in [-0.2, -0.15) is 0 Å². The standard InChI is InChI=1S/C33H23BrClN3O3/c34-23-7-10-27-22(13-23)17-38-18-37(27)16-21-12-20(6-9-26(21)38)29-30-31(25-14-24(35)8-11-28(25)40-33(30)39)41-32(29)36-15-19-4-2-1-3-5-19/h1-14,36H,15-18H2. The minimum Gasteiger partial charge on any atom is -0.439 e. The van der Waals surface area contributed by atoms with E-state index < -0.39 is 5.63 Å². The Labute approximate surface area is 248 Å². The number of nitrogens with zero attached hydrogens (tertiary/aromatic N) is 2. The molecular weight excluding hydrogens is 602 g/mol. The smallest absolute Gasteiger partial charge is 0.348 e. The van der Waals surface area contributed by atoms with E-state index in [1.54, 1.807) is 18.2 Å². The van der Waals surface area contributed by atoms with Gasteiger partial charge in [-0.1, -0.05) is 63.9 Å². The summed E-state index contributed by atoms with van der Waals surface area (Å²) in [6, 6.07) is 28.2. The molecule has 0 spiro atoms. The maximum atomic E-state index is 13.5. The first-order chi connectivity index (χ1) is 20.0. The molecule has 0 saturated heterocycles. The summed E-state index contributed by atoms with van der Waals surface area (Å²) in [6.07, 6.45) is 0. The number of halogens is 2. The molecule has 0 saturated carbocycles. The summed E-state index contributed by atoms with van der Waals surface area (Å²) in [5, 5.41) is 5.06. The van der Waals surface area contributed by atoms with Gasteiger partial charge in [-0.05, 0) is 70.8 Å². The van der Waals surface area contributed by atoms with Crippen LogP contribution >= 0.6 is 27.5 Å². The lowest BCUT2D eigenvalue weighted by Crippen LogP contribution is -2.46. The zero-order chi connectivity index (χ0) is 27.7. The first-order valence-electron chi connectivity index (χ1n) is 13.4. The van der Waals surface area contributed by atoms with Crippen molar-refractivity contribution in [3.8, 4) is 11.1 Å². The predicted molar refractivity (Wildman–Crippen MR) is 168 cm³/mol. The van der Waals surface area contributed by atoms with E-state index in [1.807, 2.05) is 18.2 Å². The molecule has 8 rings (SSSR count). The summed E-state index contributed by atoms with van der Waals surface area (Å²) in [7, 11) is 0. The molecule has 6 aromatic rings. The Morgan fingerprint density at radius 3 is 2.41 bits per heavy atom. The first kappa shape index (κ1) is 24.6. The molecule has 2 bridgehead atoms. The number of hydrogen-bond acceptors (Lipinski definition) is 6. The first-order valence-corrected chi connectivity index (χ1v) is 14.6. The number of hydrogen-bond donors (Lipinski definition) is 1. The maximum absolute atomic E-state index is 13.5. The summed E-state index contributed by atoms with van der Waals surface area (Å²) >= 11 is 9.97. The second kappa shape index (κ2) is 9.43. The van der Waals surface area contributed by atoms with E-state index in [0.29, 0.717) is 45.0 Å². The van der Waals surface area contributed by atoms with Gasteiger partial charge in [-0.15, -0.1) is 0 Å². The maximum Gasteiger partial charge on any atom is 0.348 e. The molecule has 6 nitrogen and oxygen atoms in total. The van der Waals surface area contributed by atoms with Crippen molar-refractivity contribution >= 4 is 66.7 Å². The normalized spacial score (nSPS) is 13.9. The van der Waals surface area contributed by atoms with Gasteiger partial charge in [0.15, 0.2) is 5.58 Å². The highest BCUT2D eigenvalue weighted by Gasteiger charge is 2.31. The molecule has 0 fully saturated rings. The third-order valence-electron chi connectivity index (χ3n) is 7.95. The highest BCUT2D eigenvalue weighted by atomic mass is 79.9. The number of rotatable bonds is 4. The largest absolute Gasteiger partial charge is 0.439 e. The van der Waals surface area contributed by atoms with Crippen molar-refractivity contribution in [3.63, 3.8) is 0 Å². The van der Waals surface area contributed by atoms with Crippen molar-refractivity contribution in [1.82, 2.24) is 0 Å². The number of benzene rings is 4. The van der Waals surface area contributed by atoms with Gasteiger partial charge >= 0.3 is 5.63 Å². The van der Waals surface area contributed by atoms with Gasteiger partial charge in [0.2, 0.25) is 5.88 Å². The van der Waals surface area contributed by atoms with Crippen LogP contribution in [0.1, 0.15) is 16.7 Å². The average Bonchev–Trinajstić information content (AvgIpc) is 3.37. The van der Waals surface area contributed by atoms with Gasteiger partial charge in [0.05, 0.1) is 17.6 Å². The van der Waals surface area contributed by atoms with Gasteiger partial charge in [-0.25, -0.2) is 4.79 Å².